The van der Waals surface area contributed by atoms with Crippen LogP contribution in [0.25, 0.3) is 5.69 Å². The topological polar surface area (TPSA) is 72.7 Å². The molecule has 0 amide bonds. The van der Waals surface area contributed by atoms with Crippen molar-refractivity contribution in [3.8, 4) is 5.69 Å². The Labute approximate surface area is 219 Å². The lowest BCUT2D eigenvalue weighted by molar-refractivity contribution is -0.0390. The van der Waals surface area contributed by atoms with Gasteiger partial charge in [0.2, 0.25) is 0 Å². The maximum absolute atomic E-state index is 6.05. The van der Waals surface area contributed by atoms with Gasteiger partial charge in [0.1, 0.15) is 0 Å². The molecule has 0 bridgehead atoms. The number of rotatable bonds is 9. The van der Waals surface area contributed by atoms with E-state index in [4.69, 9.17) is 9.47 Å². The molecule has 1 aliphatic heterocycles. The molecule has 0 unspecified atom stereocenters. The Kier molecular flexibility index (Phi) is 10.8. The predicted molar refractivity (Wildman–Crippen MR) is 146 cm³/mol. The zero-order valence-corrected chi connectivity index (χ0v) is 22.0. The van der Waals surface area contributed by atoms with E-state index in [1.165, 1.54) is 16.7 Å². The third-order valence-corrected chi connectivity index (χ3v) is 5.74. The Morgan fingerprint density at radius 3 is 2.59 bits per heavy atom. The molecule has 1 saturated heterocycles. The van der Waals surface area contributed by atoms with Crippen LogP contribution in [0.5, 0.6) is 0 Å². The normalized spacial score (nSPS) is 14.4. The van der Waals surface area contributed by atoms with Crippen LogP contribution < -0.4 is 10.6 Å². The van der Waals surface area contributed by atoms with E-state index in [-0.39, 0.29) is 24.0 Å². The Morgan fingerprint density at radius 1 is 1.06 bits per heavy atom. The standard InChI is InChI=1S/C26H33N5O2.HI/c1-27-26(28-14-10-21-6-8-24(9-7-21)31-15-3-13-30-31)29-19-22-4-2-5-23(18-22)20-33-25-11-16-32-17-12-25;/h2-9,13,15,18,25H,10-12,14,16-17,19-20H2,1H3,(H2,27,28,29);1H. The van der Waals surface area contributed by atoms with Crippen molar-refractivity contribution < 1.29 is 9.47 Å². The molecule has 4 rings (SSSR count). The summed E-state index contributed by atoms with van der Waals surface area (Å²) in [4.78, 5) is 4.35. The van der Waals surface area contributed by atoms with Crippen LogP contribution in [0.1, 0.15) is 29.5 Å². The molecular weight excluding hydrogens is 541 g/mol. The van der Waals surface area contributed by atoms with E-state index in [0.29, 0.717) is 19.3 Å². The number of hydrogen-bond donors (Lipinski definition) is 2. The quantitative estimate of drug-likeness (QED) is 0.229. The van der Waals surface area contributed by atoms with E-state index < -0.39 is 0 Å². The minimum Gasteiger partial charge on any atom is -0.381 e. The van der Waals surface area contributed by atoms with Gasteiger partial charge in [-0.25, -0.2) is 4.68 Å². The molecular formula is C26H34IN5O2. The number of aliphatic imine (C=N–C) groups is 1. The summed E-state index contributed by atoms with van der Waals surface area (Å²) < 4.78 is 13.3. The Balaban J connectivity index is 0.00000324. The van der Waals surface area contributed by atoms with Gasteiger partial charge in [-0.3, -0.25) is 4.99 Å². The van der Waals surface area contributed by atoms with Crippen molar-refractivity contribution in [2.75, 3.05) is 26.8 Å². The van der Waals surface area contributed by atoms with Crippen LogP contribution in [0.2, 0.25) is 0 Å². The van der Waals surface area contributed by atoms with Crippen molar-refractivity contribution in [3.05, 3.63) is 83.7 Å². The van der Waals surface area contributed by atoms with Crippen molar-refractivity contribution in [3.63, 3.8) is 0 Å². The fourth-order valence-electron chi connectivity index (χ4n) is 3.85. The third kappa shape index (κ3) is 8.11. The molecule has 0 spiro atoms. The lowest BCUT2D eigenvalue weighted by Crippen LogP contribution is -2.37. The Hall–Kier alpha value is -2.43. The van der Waals surface area contributed by atoms with E-state index in [9.17, 15) is 0 Å². The first-order chi connectivity index (χ1) is 16.3. The molecule has 2 N–H and O–H groups in total. The van der Waals surface area contributed by atoms with Crippen LogP contribution in [0, 0.1) is 0 Å². The number of benzene rings is 2. The number of nitrogens with one attached hydrogen (secondary N) is 2. The number of guanidine groups is 1. The molecule has 1 fully saturated rings. The van der Waals surface area contributed by atoms with Gasteiger partial charge in [0.15, 0.2) is 5.96 Å². The van der Waals surface area contributed by atoms with Gasteiger partial charge in [0, 0.05) is 45.7 Å². The van der Waals surface area contributed by atoms with E-state index in [1.54, 1.807) is 13.2 Å². The van der Waals surface area contributed by atoms with Crippen molar-refractivity contribution in [2.45, 2.75) is 38.5 Å². The SMILES string of the molecule is CN=C(NCCc1ccc(-n2cccn2)cc1)NCc1cccc(COC2CCOCC2)c1.I. The largest absolute Gasteiger partial charge is 0.381 e. The highest BCUT2D eigenvalue weighted by atomic mass is 127. The first-order valence-corrected chi connectivity index (χ1v) is 11.6. The van der Waals surface area contributed by atoms with Crippen molar-refractivity contribution in [2.24, 2.45) is 4.99 Å². The fraction of sp³-hybridized carbons (Fsp3) is 0.385. The summed E-state index contributed by atoms with van der Waals surface area (Å²) in [5, 5.41) is 11.1. The van der Waals surface area contributed by atoms with Crippen LogP contribution in [0.3, 0.4) is 0 Å². The van der Waals surface area contributed by atoms with Crippen LogP contribution in [-0.2, 0) is 29.0 Å². The van der Waals surface area contributed by atoms with E-state index in [2.05, 4.69) is 69.3 Å². The van der Waals surface area contributed by atoms with Crippen molar-refractivity contribution in [1.29, 1.82) is 0 Å². The molecule has 0 radical (unpaired) electrons. The lowest BCUT2D eigenvalue weighted by atomic mass is 10.1. The van der Waals surface area contributed by atoms with Gasteiger partial charge in [-0.2, -0.15) is 5.10 Å². The minimum atomic E-state index is 0. The number of hydrogen-bond acceptors (Lipinski definition) is 4. The zero-order valence-electron chi connectivity index (χ0n) is 19.7. The first-order valence-electron chi connectivity index (χ1n) is 11.6. The molecule has 0 saturated carbocycles. The summed E-state index contributed by atoms with van der Waals surface area (Å²) in [6.45, 7) is 3.77. The van der Waals surface area contributed by atoms with Gasteiger partial charge in [0.05, 0.1) is 18.4 Å². The van der Waals surface area contributed by atoms with Gasteiger partial charge in [-0.1, -0.05) is 36.4 Å². The molecule has 1 aliphatic rings. The molecule has 8 heteroatoms. The molecule has 2 heterocycles. The Morgan fingerprint density at radius 2 is 1.85 bits per heavy atom. The summed E-state index contributed by atoms with van der Waals surface area (Å²) in [5.41, 5.74) is 4.74. The molecule has 0 atom stereocenters. The zero-order chi connectivity index (χ0) is 22.7. The van der Waals surface area contributed by atoms with Gasteiger partial charge < -0.3 is 20.1 Å². The van der Waals surface area contributed by atoms with Crippen molar-refractivity contribution >= 4 is 29.9 Å². The van der Waals surface area contributed by atoms with E-state index in [0.717, 1.165) is 50.7 Å². The third-order valence-electron chi connectivity index (χ3n) is 5.74. The summed E-state index contributed by atoms with van der Waals surface area (Å²) in [7, 11) is 1.80. The summed E-state index contributed by atoms with van der Waals surface area (Å²) in [5.74, 6) is 0.798. The van der Waals surface area contributed by atoms with Gasteiger partial charge in [-0.15, -0.1) is 24.0 Å². The summed E-state index contributed by atoms with van der Waals surface area (Å²) in [6.07, 6.45) is 6.93. The smallest absolute Gasteiger partial charge is 0.191 e. The van der Waals surface area contributed by atoms with Gasteiger partial charge in [0.25, 0.3) is 0 Å². The Bertz CT molecular complexity index is 1000. The van der Waals surface area contributed by atoms with E-state index >= 15 is 0 Å². The van der Waals surface area contributed by atoms with Crippen LogP contribution in [0.15, 0.2) is 72.0 Å². The average molecular weight is 575 g/mol. The molecule has 1 aromatic heterocycles. The molecule has 182 valence electrons. The molecule has 7 nitrogen and oxygen atoms in total. The molecule has 3 aromatic rings. The molecule has 0 aliphatic carbocycles. The fourth-order valence-corrected chi connectivity index (χ4v) is 3.85. The number of ether oxygens (including phenoxy) is 2. The highest BCUT2D eigenvalue weighted by Crippen LogP contribution is 2.14. The highest BCUT2D eigenvalue weighted by molar-refractivity contribution is 14.0. The molecule has 2 aromatic carbocycles. The maximum atomic E-state index is 6.05. The maximum Gasteiger partial charge on any atom is 0.191 e. The second kappa shape index (κ2) is 14.1. The number of aromatic nitrogens is 2. The summed E-state index contributed by atoms with van der Waals surface area (Å²) in [6, 6.07) is 18.9. The van der Waals surface area contributed by atoms with Crippen LogP contribution in [0.4, 0.5) is 0 Å². The van der Waals surface area contributed by atoms with Gasteiger partial charge in [-0.05, 0) is 54.2 Å². The monoisotopic (exact) mass is 575 g/mol. The lowest BCUT2D eigenvalue weighted by Gasteiger charge is -2.22. The van der Waals surface area contributed by atoms with Crippen LogP contribution >= 0.6 is 24.0 Å². The predicted octanol–water partition coefficient (Wildman–Crippen LogP) is 4.09. The van der Waals surface area contributed by atoms with Crippen LogP contribution in [-0.4, -0.2) is 48.7 Å². The second-order valence-electron chi connectivity index (χ2n) is 8.16. The highest BCUT2D eigenvalue weighted by Gasteiger charge is 2.14. The van der Waals surface area contributed by atoms with Gasteiger partial charge >= 0.3 is 0 Å². The van der Waals surface area contributed by atoms with E-state index in [1.807, 2.05) is 16.9 Å². The summed E-state index contributed by atoms with van der Waals surface area (Å²) >= 11 is 0. The number of halogens is 1. The van der Waals surface area contributed by atoms with Crippen molar-refractivity contribution in [1.82, 2.24) is 20.4 Å². The molecule has 34 heavy (non-hydrogen) atoms. The average Bonchev–Trinajstić information content (AvgIpc) is 3.41. The minimum absolute atomic E-state index is 0. The first kappa shape index (κ1) is 26.2. The number of nitrogens with zero attached hydrogens (tertiary/aromatic N) is 3. The second-order valence-corrected chi connectivity index (χ2v) is 8.16.